The monoisotopic (exact) mass is 772 g/mol. The first-order chi connectivity index (χ1) is 24.6. The lowest BCUT2D eigenvalue weighted by Gasteiger charge is -2.38. The maximum Gasteiger partial charge on any atom is 0.313 e. The Morgan fingerprint density at radius 1 is 1.14 bits per heavy atom. The van der Waals surface area contributed by atoms with E-state index in [4.69, 9.17) is 14.2 Å². The standard InChI is InChI=1S/C38H53BrN4O8/c1-5-7-15-29(45)40(4)26(3)32(27-13-9-8-10-14-27)50-37(48)30-31-35(46)43(17-11-12-22-44)34(38(31)25-28(39)33(30)51-38)36(47)42(16-6-2)19-18-41-20-23-49-24-21-41/h5-6,8-10,13-14,26,28,30-34,44H,1-2,7,11-12,15-25H2,3-4H3/t26-,28?,30-,31+,32+,33-,34-,38+/m1/s1. The minimum Gasteiger partial charge on any atom is -0.455 e. The molecule has 51 heavy (non-hydrogen) atoms. The number of halogens is 1. The van der Waals surface area contributed by atoms with E-state index in [1.165, 1.54) is 0 Å². The Kier molecular flexibility index (Phi) is 13.5. The van der Waals surface area contributed by atoms with Gasteiger partial charge in [-0.3, -0.25) is 24.1 Å². The molecule has 8 atom stereocenters. The Hall–Kier alpha value is -3.10. The fraction of sp³-hybridized carbons (Fsp3) is 0.632. The van der Waals surface area contributed by atoms with Crippen molar-refractivity contribution in [1.29, 1.82) is 0 Å². The third-order valence-corrected chi connectivity index (χ3v) is 11.8. The number of rotatable bonds is 18. The van der Waals surface area contributed by atoms with Gasteiger partial charge in [0, 0.05) is 64.2 Å². The zero-order valence-corrected chi connectivity index (χ0v) is 31.5. The number of fused-ring (bicyclic) bond motifs is 1. The van der Waals surface area contributed by atoms with Crippen LogP contribution in [0, 0.1) is 11.8 Å². The van der Waals surface area contributed by atoms with Gasteiger partial charge in [-0.1, -0.05) is 58.4 Å². The highest BCUT2D eigenvalue weighted by molar-refractivity contribution is 9.09. The van der Waals surface area contributed by atoms with E-state index in [1.54, 1.807) is 33.9 Å². The van der Waals surface area contributed by atoms with Crippen molar-refractivity contribution in [3.63, 3.8) is 0 Å². The molecule has 0 radical (unpaired) electrons. The van der Waals surface area contributed by atoms with Crippen molar-refractivity contribution in [2.75, 3.05) is 66.1 Å². The predicted octanol–water partition coefficient (Wildman–Crippen LogP) is 2.95. The van der Waals surface area contributed by atoms with Crippen LogP contribution in [0.3, 0.4) is 0 Å². The van der Waals surface area contributed by atoms with E-state index >= 15 is 0 Å². The lowest BCUT2D eigenvalue weighted by atomic mass is 9.70. The minimum absolute atomic E-state index is 0.0437. The summed E-state index contributed by atoms with van der Waals surface area (Å²) in [5, 5.41) is 9.56. The molecule has 4 aliphatic rings. The van der Waals surface area contributed by atoms with E-state index in [-0.39, 0.29) is 42.1 Å². The summed E-state index contributed by atoms with van der Waals surface area (Å²) in [6.45, 7) is 13.9. The van der Waals surface area contributed by atoms with E-state index < -0.39 is 47.7 Å². The molecule has 0 aromatic heterocycles. The van der Waals surface area contributed by atoms with Crippen molar-refractivity contribution in [3.05, 3.63) is 61.2 Å². The number of benzene rings is 1. The number of likely N-dealkylation sites (N-methyl/N-ethyl adjacent to an activating group) is 1. The summed E-state index contributed by atoms with van der Waals surface area (Å²) in [5.41, 5.74) is -0.535. The van der Waals surface area contributed by atoms with Crippen LogP contribution in [0.5, 0.6) is 0 Å². The number of morpholine rings is 1. The first-order valence-corrected chi connectivity index (χ1v) is 19.1. The summed E-state index contributed by atoms with van der Waals surface area (Å²) in [6, 6.07) is 7.79. The summed E-state index contributed by atoms with van der Waals surface area (Å²) in [6.07, 6.45) is 3.98. The SMILES string of the molecule is C=CCCC(=O)N(C)[C@H](C)[C@H](OC(=O)[C@H]1[C@@H]2O[C@@]3(CC2Br)[C@@H]1C(=O)N(CCCCO)[C@@H]3C(=O)N(CC=C)CCN1CCOCC1)c1ccccc1. The number of esters is 1. The van der Waals surface area contributed by atoms with Crippen LogP contribution in [0.4, 0.5) is 0 Å². The Morgan fingerprint density at radius 3 is 2.53 bits per heavy atom. The highest BCUT2D eigenvalue weighted by atomic mass is 79.9. The first kappa shape index (κ1) is 39.1. The van der Waals surface area contributed by atoms with Gasteiger partial charge in [-0.2, -0.15) is 0 Å². The number of hydrogen-bond acceptors (Lipinski definition) is 9. The maximum atomic E-state index is 14.7. The van der Waals surface area contributed by atoms with Crippen LogP contribution in [0.25, 0.3) is 0 Å². The smallest absolute Gasteiger partial charge is 0.313 e. The lowest BCUT2D eigenvalue weighted by molar-refractivity contribution is -0.164. The zero-order valence-electron chi connectivity index (χ0n) is 29.9. The molecule has 1 unspecified atom stereocenters. The lowest BCUT2D eigenvalue weighted by Crippen LogP contribution is -2.57. The number of aliphatic hydroxyl groups is 1. The second-order valence-electron chi connectivity index (χ2n) is 14.0. The molecule has 1 N–H and O–H groups in total. The van der Waals surface area contributed by atoms with E-state index in [0.29, 0.717) is 64.1 Å². The number of allylic oxidation sites excluding steroid dienone is 1. The van der Waals surface area contributed by atoms with Gasteiger partial charge in [0.2, 0.25) is 17.7 Å². The average molecular weight is 774 g/mol. The predicted molar refractivity (Wildman–Crippen MR) is 195 cm³/mol. The number of alkyl halides is 1. The molecule has 4 aliphatic heterocycles. The number of nitrogens with zero attached hydrogens (tertiary/aromatic N) is 4. The third-order valence-electron chi connectivity index (χ3n) is 10.9. The average Bonchev–Trinajstić information content (AvgIpc) is 3.74. The Balaban J connectivity index is 1.45. The van der Waals surface area contributed by atoms with Gasteiger partial charge in [0.05, 0.1) is 37.2 Å². The van der Waals surface area contributed by atoms with Crippen LogP contribution >= 0.6 is 15.9 Å². The number of unbranched alkanes of at least 4 members (excludes halogenated alkanes) is 1. The molecule has 1 aromatic carbocycles. The molecule has 13 heteroatoms. The molecule has 4 saturated heterocycles. The van der Waals surface area contributed by atoms with Crippen molar-refractivity contribution in [1.82, 2.24) is 19.6 Å². The fourth-order valence-corrected chi connectivity index (χ4v) is 9.09. The van der Waals surface area contributed by atoms with Crippen molar-refractivity contribution in [2.24, 2.45) is 11.8 Å². The van der Waals surface area contributed by atoms with E-state index in [1.807, 2.05) is 37.3 Å². The Morgan fingerprint density at radius 2 is 1.86 bits per heavy atom. The van der Waals surface area contributed by atoms with Crippen LogP contribution in [0.2, 0.25) is 0 Å². The second kappa shape index (κ2) is 17.6. The van der Waals surface area contributed by atoms with Crippen molar-refractivity contribution in [3.8, 4) is 0 Å². The van der Waals surface area contributed by atoms with Gasteiger partial charge >= 0.3 is 5.97 Å². The Labute approximate surface area is 309 Å². The number of carbonyl (C=O) groups is 4. The van der Waals surface area contributed by atoms with Gasteiger partial charge < -0.3 is 34.0 Å². The van der Waals surface area contributed by atoms with Gasteiger partial charge in [0.1, 0.15) is 17.7 Å². The van der Waals surface area contributed by atoms with Crippen LogP contribution in [0.15, 0.2) is 55.6 Å². The number of amides is 3. The van der Waals surface area contributed by atoms with Gasteiger partial charge in [0.25, 0.3) is 0 Å². The normalized spacial score (nSPS) is 28.2. The van der Waals surface area contributed by atoms with Crippen LogP contribution < -0.4 is 0 Å². The van der Waals surface area contributed by atoms with E-state index in [9.17, 15) is 24.3 Å². The van der Waals surface area contributed by atoms with Crippen LogP contribution in [0.1, 0.15) is 50.7 Å². The number of ether oxygens (including phenoxy) is 3. The molecular formula is C38H53BrN4O8. The van der Waals surface area contributed by atoms with Gasteiger partial charge in [0.15, 0.2) is 0 Å². The highest BCUT2D eigenvalue weighted by Crippen LogP contribution is 2.60. The fourth-order valence-electron chi connectivity index (χ4n) is 8.14. The van der Waals surface area contributed by atoms with Crippen molar-refractivity contribution < 1.29 is 38.5 Å². The zero-order chi connectivity index (χ0) is 36.7. The quantitative estimate of drug-likeness (QED) is 0.104. The molecule has 1 aromatic rings. The third kappa shape index (κ3) is 8.12. The molecule has 3 amide bonds. The summed E-state index contributed by atoms with van der Waals surface area (Å²) < 4.78 is 18.6. The molecule has 5 rings (SSSR count). The summed E-state index contributed by atoms with van der Waals surface area (Å²) in [7, 11) is 1.69. The molecule has 2 bridgehead atoms. The molecule has 280 valence electrons. The molecule has 12 nitrogen and oxygen atoms in total. The van der Waals surface area contributed by atoms with Gasteiger partial charge in [-0.15, -0.1) is 13.2 Å². The summed E-state index contributed by atoms with van der Waals surface area (Å²) >= 11 is 3.76. The largest absolute Gasteiger partial charge is 0.455 e. The topological polar surface area (TPSA) is 129 Å². The first-order valence-electron chi connectivity index (χ1n) is 18.1. The Bertz CT molecular complexity index is 1410. The molecule has 4 heterocycles. The van der Waals surface area contributed by atoms with Crippen molar-refractivity contribution in [2.45, 2.75) is 73.7 Å². The summed E-state index contributed by atoms with van der Waals surface area (Å²) in [5.74, 6) is -3.18. The highest BCUT2D eigenvalue weighted by Gasteiger charge is 2.77. The van der Waals surface area contributed by atoms with E-state index in [0.717, 1.165) is 13.1 Å². The molecular weight excluding hydrogens is 720 g/mol. The van der Waals surface area contributed by atoms with Gasteiger partial charge in [-0.25, -0.2) is 0 Å². The molecule has 4 fully saturated rings. The van der Waals surface area contributed by atoms with Crippen LogP contribution in [-0.4, -0.2) is 143 Å². The number of likely N-dealkylation sites (tertiary alicyclic amines) is 1. The number of carbonyl (C=O) groups excluding carboxylic acids is 4. The van der Waals surface area contributed by atoms with Gasteiger partial charge in [-0.05, 0) is 38.2 Å². The van der Waals surface area contributed by atoms with Crippen LogP contribution in [-0.2, 0) is 33.4 Å². The van der Waals surface area contributed by atoms with Crippen molar-refractivity contribution >= 4 is 39.6 Å². The maximum absolute atomic E-state index is 14.7. The molecule has 0 aliphatic carbocycles. The summed E-state index contributed by atoms with van der Waals surface area (Å²) in [4.78, 5) is 63.7. The minimum atomic E-state index is -1.25. The second-order valence-corrected chi connectivity index (χ2v) is 15.2. The number of aliphatic hydroxyl groups excluding tert-OH is 1. The molecule has 1 spiro atoms. The molecule has 0 saturated carbocycles. The van der Waals surface area contributed by atoms with E-state index in [2.05, 4.69) is 34.0 Å². The number of hydrogen-bond donors (Lipinski definition) is 1.